The van der Waals surface area contributed by atoms with Crippen LogP contribution < -0.4 is 29.6 Å². The molecule has 0 saturated heterocycles. The molecule has 0 spiro atoms. The van der Waals surface area contributed by atoms with Crippen molar-refractivity contribution in [1.82, 2.24) is 0 Å². The number of rotatable bonds is 11. The van der Waals surface area contributed by atoms with E-state index in [4.69, 9.17) is 0 Å². The fourth-order valence-corrected chi connectivity index (χ4v) is 4.71. The Morgan fingerprint density at radius 2 is 1.94 bits per heavy atom. The molecule has 4 N–H and O–H groups in total. The maximum atomic E-state index is 13.7. The Balaban J connectivity index is 0.00000480. The maximum Gasteiger partial charge on any atom is 1.00 e. The van der Waals surface area contributed by atoms with Crippen molar-refractivity contribution >= 4 is 7.37 Å². The molecule has 1 aromatic rings. The largest absolute Gasteiger partial charge is 1.00 e. The van der Waals surface area contributed by atoms with Crippen LogP contribution in [0, 0.1) is 17.7 Å². The number of aliphatic hydroxyl groups is 3. The monoisotopic (exact) mass is 463 g/mol. The van der Waals surface area contributed by atoms with Crippen molar-refractivity contribution in [2.45, 2.75) is 56.8 Å². The van der Waals surface area contributed by atoms with Crippen LogP contribution in [-0.4, -0.2) is 51.4 Å². The second-order valence-corrected chi connectivity index (χ2v) is 10.9. The maximum absolute atomic E-state index is 13.7. The van der Waals surface area contributed by atoms with Crippen LogP contribution in [0.1, 0.15) is 37.7 Å². The van der Waals surface area contributed by atoms with Gasteiger partial charge in [-0.3, -0.25) is 4.57 Å². The van der Waals surface area contributed by atoms with Crippen molar-refractivity contribution < 1.29 is 58.7 Å². The molecule has 6 atom stereocenters. The molecule has 8 heteroatoms. The molecule has 0 amide bonds. The van der Waals surface area contributed by atoms with Gasteiger partial charge < -0.3 is 20.2 Å². The number of hydrogen-bond donors (Lipinski definition) is 4. The first-order chi connectivity index (χ1) is 14.2. The predicted octanol–water partition coefficient (Wildman–Crippen LogP) is 0.664. The smallest absolute Gasteiger partial charge is 0.393 e. The second-order valence-electron chi connectivity index (χ2n) is 8.32. The van der Waals surface area contributed by atoms with Crippen molar-refractivity contribution in [2.24, 2.45) is 11.8 Å². The third kappa shape index (κ3) is 10.4. The summed E-state index contributed by atoms with van der Waals surface area (Å²) < 4.78 is 25.0. The molecule has 1 aliphatic rings. The molecule has 5 nitrogen and oxygen atoms in total. The van der Waals surface area contributed by atoms with Crippen molar-refractivity contribution in [3.63, 3.8) is 0 Å². The van der Waals surface area contributed by atoms with Gasteiger partial charge in [-0.05, 0) is 49.7 Å². The molecular formula is C23H34FNaO5P+. The first kappa shape index (κ1) is 28.7. The van der Waals surface area contributed by atoms with E-state index in [-0.39, 0.29) is 53.4 Å². The molecule has 1 fully saturated rings. The average molecular weight is 463 g/mol. The predicted molar refractivity (Wildman–Crippen MR) is 117 cm³/mol. The summed E-state index contributed by atoms with van der Waals surface area (Å²) in [4.78, 5) is 9.29. The van der Waals surface area contributed by atoms with Crippen LogP contribution in [0.5, 0.6) is 0 Å². The zero-order valence-corrected chi connectivity index (χ0v) is 21.4. The zero-order chi connectivity index (χ0) is 22.1. The third-order valence-corrected chi connectivity index (χ3v) is 6.80. The number of hydrogen-bond acceptors (Lipinski definition) is 4. The summed E-state index contributed by atoms with van der Waals surface area (Å²) in [6.07, 6.45) is 8.52. The molecule has 31 heavy (non-hydrogen) atoms. The number of aliphatic hydroxyl groups excluding tert-OH is 3. The molecule has 2 unspecified atom stereocenters. The van der Waals surface area contributed by atoms with Gasteiger partial charge in [-0.1, -0.05) is 42.5 Å². The number of aryl methyl sites for hydroxylation is 1. The molecule has 168 valence electrons. The summed E-state index contributed by atoms with van der Waals surface area (Å²) in [5.41, 5.74) is 0.560. The fourth-order valence-electron chi connectivity index (χ4n) is 3.94. The molecule has 1 saturated carbocycles. The Hall–Kier alpha value is -0.300. The number of halogens is 1. The van der Waals surface area contributed by atoms with Crippen LogP contribution >= 0.6 is 7.37 Å². The first-order valence-corrected chi connectivity index (χ1v) is 12.9. The van der Waals surface area contributed by atoms with E-state index < -0.39 is 25.7 Å². The Labute approximate surface area is 206 Å². The zero-order valence-electron chi connectivity index (χ0n) is 18.5. The minimum absolute atomic E-state index is 0. The van der Waals surface area contributed by atoms with E-state index in [2.05, 4.69) is 0 Å². The Morgan fingerprint density at radius 1 is 1.23 bits per heavy atom. The summed E-state index contributed by atoms with van der Waals surface area (Å²) in [6, 6.07) is 6.49. The summed E-state index contributed by atoms with van der Waals surface area (Å²) in [7, 11) is -2.97. The van der Waals surface area contributed by atoms with Gasteiger partial charge in [-0.25, -0.2) is 4.39 Å². The van der Waals surface area contributed by atoms with E-state index in [1.807, 2.05) is 12.2 Å². The average Bonchev–Trinajstić information content (AvgIpc) is 2.94. The molecule has 0 bridgehead atoms. The SMILES string of the molecule is CP(=O)(O)CCC/C=C/C[C@@H]1[C@@H](/C=C/C(O)CCc2ccccc2F)[C@H](O)C[C@@H]1O.[Na+]. The van der Waals surface area contributed by atoms with Gasteiger partial charge >= 0.3 is 29.6 Å². The summed E-state index contributed by atoms with van der Waals surface area (Å²) in [5.74, 6) is -0.696. The Kier molecular flexibility index (Phi) is 13.0. The molecule has 2 rings (SSSR count). The normalized spacial score (nSPS) is 26.8. The topological polar surface area (TPSA) is 98.0 Å². The minimum Gasteiger partial charge on any atom is -0.393 e. The van der Waals surface area contributed by atoms with Gasteiger partial charge in [0.1, 0.15) is 5.82 Å². The minimum atomic E-state index is -2.97. The van der Waals surface area contributed by atoms with E-state index in [1.165, 1.54) is 12.7 Å². The quantitative estimate of drug-likeness (QED) is 0.167. The molecule has 0 aromatic heterocycles. The Morgan fingerprint density at radius 3 is 2.61 bits per heavy atom. The van der Waals surface area contributed by atoms with E-state index in [1.54, 1.807) is 30.4 Å². The molecule has 1 aromatic carbocycles. The first-order valence-electron chi connectivity index (χ1n) is 10.6. The van der Waals surface area contributed by atoms with Gasteiger partial charge in [0.25, 0.3) is 0 Å². The third-order valence-electron chi connectivity index (χ3n) is 5.66. The molecule has 0 aliphatic heterocycles. The van der Waals surface area contributed by atoms with Crippen molar-refractivity contribution in [2.75, 3.05) is 12.8 Å². The summed E-state index contributed by atoms with van der Waals surface area (Å²) >= 11 is 0. The van der Waals surface area contributed by atoms with Crippen LogP contribution in [0.4, 0.5) is 4.39 Å². The Bertz CT molecular complexity index is 766. The van der Waals surface area contributed by atoms with Crippen LogP contribution in [0.25, 0.3) is 0 Å². The van der Waals surface area contributed by atoms with E-state index >= 15 is 0 Å². The van der Waals surface area contributed by atoms with Crippen LogP contribution in [0.15, 0.2) is 48.6 Å². The second kappa shape index (κ2) is 14.1. The van der Waals surface area contributed by atoms with Crippen LogP contribution in [0.2, 0.25) is 0 Å². The van der Waals surface area contributed by atoms with Crippen molar-refractivity contribution in [1.29, 1.82) is 0 Å². The molecule has 0 heterocycles. The van der Waals surface area contributed by atoms with Crippen LogP contribution in [-0.2, 0) is 11.0 Å². The van der Waals surface area contributed by atoms with Gasteiger partial charge in [0.15, 0.2) is 7.37 Å². The molecular weight excluding hydrogens is 429 g/mol. The van der Waals surface area contributed by atoms with E-state index in [9.17, 15) is 29.2 Å². The standard InChI is InChI=1S/C23H34FO5P.Na/c1-30(28,29)15-7-3-2-4-9-19-20(23(27)16-22(19)26)14-13-18(25)12-11-17-8-5-6-10-21(17)24;/h2,4-6,8,10,13-14,18-20,22-23,25-27H,3,7,9,11-12,15-16H2,1H3,(H,28,29);/q;+1/b4-2+,14-13+;/t18?,19-,20-,22+,23-;/m1./s1. The van der Waals surface area contributed by atoms with Gasteiger partial charge in [-0.15, -0.1) is 0 Å². The van der Waals surface area contributed by atoms with Gasteiger partial charge in [0, 0.05) is 25.2 Å². The van der Waals surface area contributed by atoms with Crippen molar-refractivity contribution in [3.8, 4) is 0 Å². The van der Waals surface area contributed by atoms with Gasteiger partial charge in [0.2, 0.25) is 0 Å². The summed E-state index contributed by atoms with van der Waals surface area (Å²) in [5, 5.41) is 30.8. The van der Waals surface area contributed by atoms with Crippen molar-refractivity contribution in [3.05, 3.63) is 60.0 Å². The van der Waals surface area contributed by atoms with E-state index in [0.717, 1.165) is 0 Å². The summed E-state index contributed by atoms with van der Waals surface area (Å²) in [6.45, 7) is 1.36. The number of allylic oxidation sites excluding steroid dienone is 2. The van der Waals surface area contributed by atoms with E-state index in [0.29, 0.717) is 44.1 Å². The number of benzene rings is 1. The molecule has 1 aliphatic carbocycles. The van der Waals surface area contributed by atoms with Crippen LogP contribution in [0.3, 0.4) is 0 Å². The number of unbranched alkanes of at least 4 members (excludes halogenated alkanes) is 1. The fraction of sp³-hybridized carbons (Fsp3) is 0.565. The van der Waals surface area contributed by atoms with Gasteiger partial charge in [-0.2, -0.15) is 0 Å². The van der Waals surface area contributed by atoms with Gasteiger partial charge in [0.05, 0.1) is 18.3 Å². The molecule has 0 radical (unpaired) electrons.